The van der Waals surface area contributed by atoms with Gasteiger partial charge >= 0.3 is 0 Å². The molecule has 7 nitrogen and oxygen atoms in total. The van der Waals surface area contributed by atoms with Gasteiger partial charge in [-0.25, -0.2) is 8.42 Å². The van der Waals surface area contributed by atoms with E-state index in [1.165, 1.54) is 12.1 Å². The van der Waals surface area contributed by atoms with Gasteiger partial charge in [-0.2, -0.15) is 0 Å². The second-order valence-electron chi connectivity index (χ2n) is 4.41. The van der Waals surface area contributed by atoms with Crippen LogP contribution < -0.4 is 4.90 Å². The monoisotopic (exact) mass is 285 g/mol. The first kappa shape index (κ1) is 13.8. The van der Waals surface area contributed by atoms with E-state index in [1.807, 2.05) is 0 Å². The molecule has 0 unspecified atom stereocenters. The highest BCUT2D eigenvalue weighted by Crippen LogP contribution is 2.30. The Labute approximate surface area is 110 Å². The summed E-state index contributed by atoms with van der Waals surface area (Å²) in [5.41, 5.74) is -0.129. The Balaban J connectivity index is 2.50. The molecule has 1 aliphatic heterocycles. The van der Waals surface area contributed by atoms with Gasteiger partial charge < -0.3 is 9.45 Å². The number of anilines is 1. The van der Waals surface area contributed by atoms with Crippen LogP contribution in [0.15, 0.2) is 23.1 Å². The topological polar surface area (TPSA) is 104 Å². The van der Waals surface area contributed by atoms with Gasteiger partial charge in [0.25, 0.3) is 5.69 Å². The van der Waals surface area contributed by atoms with Crippen LogP contribution >= 0.6 is 0 Å². The lowest BCUT2D eigenvalue weighted by Crippen LogP contribution is -2.30. The van der Waals surface area contributed by atoms with E-state index >= 15 is 0 Å². The summed E-state index contributed by atoms with van der Waals surface area (Å²) >= 11 is 0. The lowest BCUT2D eigenvalue weighted by molar-refractivity contribution is -0.385. The van der Waals surface area contributed by atoms with Gasteiger partial charge in [-0.05, 0) is 25.3 Å². The minimum Gasteiger partial charge on any atom is -0.744 e. The lowest BCUT2D eigenvalue weighted by Gasteiger charge is -2.30. The van der Waals surface area contributed by atoms with E-state index in [0.717, 1.165) is 25.3 Å². The molecule has 0 amide bonds. The molecule has 104 valence electrons. The molecule has 1 heterocycles. The maximum absolute atomic E-state index is 11.3. The van der Waals surface area contributed by atoms with Crippen LogP contribution in [0.5, 0.6) is 0 Å². The number of nitro benzene ring substituents is 1. The van der Waals surface area contributed by atoms with Crippen molar-refractivity contribution in [3.05, 3.63) is 28.3 Å². The lowest BCUT2D eigenvalue weighted by atomic mass is 10.1. The molecular formula is C11H13N2O5S-. The maximum atomic E-state index is 11.3. The van der Waals surface area contributed by atoms with Crippen LogP contribution in [-0.4, -0.2) is 31.0 Å². The van der Waals surface area contributed by atoms with Gasteiger partial charge in [-0.3, -0.25) is 10.1 Å². The van der Waals surface area contributed by atoms with E-state index in [0.29, 0.717) is 13.1 Å². The Morgan fingerprint density at radius 1 is 1.16 bits per heavy atom. The summed E-state index contributed by atoms with van der Waals surface area (Å²) in [6.45, 7) is 1.31. The van der Waals surface area contributed by atoms with E-state index in [9.17, 15) is 23.1 Å². The predicted octanol–water partition coefficient (Wildman–Crippen LogP) is 1.49. The highest BCUT2D eigenvalue weighted by molar-refractivity contribution is 7.86. The number of hydrogen-bond acceptors (Lipinski definition) is 6. The first-order chi connectivity index (χ1) is 8.89. The van der Waals surface area contributed by atoms with E-state index in [1.54, 1.807) is 4.90 Å². The van der Waals surface area contributed by atoms with Crippen LogP contribution in [0, 0.1) is 10.1 Å². The third-order valence-electron chi connectivity index (χ3n) is 3.12. The zero-order valence-electron chi connectivity index (χ0n) is 10.1. The highest BCUT2D eigenvalue weighted by atomic mass is 32.2. The van der Waals surface area contributed by atoms with Crippen molar-refractivity contribution in [2.24, 2.45) is 0 Å². The third kappa shape index (κ3) is 3.02. The van der Waals surface area contributed by atoms with Crippen LogP contribution in [0.4, 0.5) is 11.4 Å². The quantitative estimate of drug-likeness (QED) is 0.473. The van der Waals surface area contributed by atoms with Crippen molar-refractivity contribution in [2.75, 3.05) is 18.0 Å². The summed E-state index contributed by atoms with van der Waals surface area (Å²) in [6, 6.07) is 3.40. The van der Waals surface area contributed by atoms with Crippen LogP contribution in [0.3, 0.4) is 0 Å². The van der Waals surface area contributed by atoms with E-state index in [4.69, 9.17) is 0 Å². The second kappa shape index (κ2) is 5.14. The van der Waals surface area contributed by atoms with Crippen LogP contribution in [-0.2, 0) is 10.1 Å². The predicted molar refractivity (Wildman–Crippen MR) is 67.1 cm³/mol. The number of nitro groups is 1. The molecule has 0 atom stereocenters. The fourth-order valence-corrected chi connectivity index (χ4v) is 2.93. The van der Waals surface area contributed by atoms with Crippen LogP contribution in [0.2, 0.25) is 0 Å². The largest absolute Gasteiger partial charge is 0.744 e. The van der Waals surface area contributed by atoms with Crippen molar-refractivity contribution in [2.45, 2.75) is 24.2 Å². The van der Waals surface area contributed by atoms with E-state index < -0.39 is 25.6 Å². The zero-order valence-corrected chi connectivity index (χ0v) is 10.9. The number of piperidine rings is 1. The molecule has 8 heteroatoms. The Morgan fingerprint density at radius 2 is 1.79 bits per heavy atom. The van der Waals surface area contributed by atoms with Crippen molar-refractivity contribution >= 4 is 21.5 Å². The van der Waals surface area contributed by atoms with E-state index in [-0.39, 0.29) is 5.69 Å². The summed E-state index contributed by atoms with van der Waals surface area (Å²) in [4.78, 5) is 11.2. The van der Waals surface area contributed by atoms with Gasteiger partial charge in [0, 0.05) is 25.2 Å². The number of hydrogen-bond donors (Lipinski definition) is 0. The van der Waals surface area contributed by atoms with Crippen molar-refractivity contribution in [3.63, 3.8) is 0 Å². The first-order valence-corrected chi connectivity index (χ1v) is 7.30. The molecule has 0 saturated carbocycles. The molecule has 1 aromatic rings. The average molecular weight is 285 g/mol. The second-order valence-corrected chi connectivity index (χ2v) is 5.76. The SMILES string of the molecule is O=[N+]([O-])c1ccc(N2CCCCC2)c(S(=O)(=O)[O-])c1. The molecule has 1 aliphatic rings. The Morgan fingerprint density at radius 3 is 2.32 bits per heavy atom. The van der Waals surface area contributed by atoms with Gasteiger partial charge in [-0.1, -0.05) is 0 Å². The summed E-state index contributed by atoms with van der Waals surface area (Å²) in [5, 5.41) is 10.7. The fourth-order valence-electron chi connectivity index (χ4n) is 2.21. The Kier molecular flexibility index (Phi) is 3.72. The molecule has 0 bridgehead atoms. The standard InChI is InChI=1S/C11H14N2O5S/c14-13(15)9-4-5-10(11(8-9)19(16,17)18)12-6-2-1-3-7-12/h4-5,8H,1-3,6-7H2,(H,16,17,18)/p-1. The number of non-ortho nitro benzene ring substituents is 1. The van der Waals surface area contributed by atoms with Crippen molar-refractivity contribution in [3.8, 4) is 0 Å². The molecule has 0 aromatic heterocycles. The van der Waals surface area contributed by atoms with Crippen molar-refractivity contribution in [1.29, 1.82) is 0 Å². The number of nitrogens with zero attached hydrogens (tertiary/aromatic N) is 2. The zero-order chi connectivity index (χ0) is 14.0. The first-order valence-electron chi connectivity index (χ1n) is 5.89. The number of rotatable bonds is 3. The summed E-state index contributed by atoms with van der Waals surface area (Å²) in [6.07, 6.45) is 2.88. The average Bonchev–Trinajstić information content (AvgIpc) is 2.38. The van der Waals surface area contributed by atoms with Gasteiger partial charge in [0.15, 0.2) is 0 Å². The Hall–Kier alpha value is -1.67. The third-order valence-corrected chi connectivity index (χ3v) is 3.99. The summed E-state index contributed by atoms with van der Waals surface area (Å²) < 4.78 is 33.8. The number of benzene rings is 1. The molecule has 1 fully saturated rings. The maximum Gasteiger partial charge on any atom is 0.270 e. The minimum absolute atomic E-state index is 0.264. The minimum atomic E-state index is -4.73. The molecule has 0 N–H and O–H groups in total. The molecule has 1 saturated heterocycles. The van der Waals surface area contributed by atoms with Crippen LogP contribution in [0.1, 0.15) is 19.3 Å². The fraction of sp³-hybridized carbons (Fsp3) is 0.455. The van der Waals surface area contributed by atoms with Gasteiger partial charge in [0.1, 0.15) is 10.1 Å². The molecule has 19 heavy (non-hydrogen) atoms. The normalized spacial score (nSPS) is 16.4. The van der Waals surface area contributed by atoms with Crippen molar-refractivity contribution in [1.82, 2.24) is 0 Å². The molecule has 1 aromatic carbocycles. The van der Waals surface area contributed by atoms with Gasteiger partial charge in [0.05, 0.1) is 15.5 Å². The highest BCUT2D eigenvalue weighted by Gasteiger charge is 2.20. The van der Waals surface area contributed by atoms with Crippen LogP contribution in [0.25, 0.3) is 0 Å². The molecule has 0 aliphatic carbocycles. The smallest absolute Gasteiger partial charge is 0.270 e. The molecular weight excluding hydrogens is 272 g/mol. The summed E-state index contributed by atoms with van der Waals surface area (Å²) in [5.74, 6) is 0. The molecule has 0 spiro atoms. The van der Waals surface area contributed by atoms with Crippen molar-refractivity contribution < 1.29 is 17.9 Å². The Bertz CT molecular complexity index is 593. The molecule has 2 rings (SSSR count). The van der Waals surface area contributed by atoms with Gasteiger partial charge in [-0.15, -0.1) is 0 Å². The van der Waals surface area contributed by atoms with Gasteiger partial charge in [0.2, 0.25) is 0 Å². The summed E-state index contributed by atoms with van der Waals surface area (Å²) in [7, 11) is -4.73. The molecule has 0 radical (unpaired) electrons. The van der Waals surface area contributed by atoms with E-state index in [2.05, 4.69) is 0 Å².